The number of hydrogen-bond acceptors (Lipinski definition) is 2. The highest BCUT2D eigenvalue weighted by Crippen LogP contribution is 2.50. The summed E-state index contributed by atoms with van der Waals surface area (Å²) < 4.78 is 17.3. The van der Waals surface area contributed by atoms with Crippen molar-refractivity contribution in [2.45, 2.75) is 0 Å². The summed E-state index contributed by atoms with van der Waals surface area (Å²) in [5.74, 6) is 0. The Hall–Kier alpha value is -0.420. The number of nitrogens with zero attached hydrogens (tertiary/aromatic N) is 3. The summed E-state index contributed by atoms with van der Waals surface area (Å²) in [6.45, 7) is 0. The van der Waals surface area contributed by atoms with E-state index in [-0.39, 0.29) is 6.41 Å². The van der Waals surface area contributed by atoms with Gasteiger partial charge in [0.2, 0.25) is 6.41 Å². The molecule has 0 radical (unpaired) electrons. The summed E-state index contributed by atoms with van der Waals surface area (Å²) in [5.41, 5.74) is 4.17. The summed E-state index contributed by atoms with van der Waals surface area (Å²) in [6, 6.07) is 0. The minimum absolute atomic E-state index is 0.250. The van der Waals surface area contributed by atoms with Crippen LogP contribution in [-0.4, -0.2) is 62.7 Å². The predicted molar refractivity (Wildman–Crippen MR) is 58.9 cm³/mol. The van der Waals surface area contributed by atoms with Crippen LogP contribution in [0.15, 0.2) is 0 Å². The molecule has 0 spiro atoms. The van der Waals surface area contributed by atoms with Crippen LogP contribution in [0.25, 0.3) is 0 Å². The van der Waals surface area contributed by atoms with Crippen LogP contribution in [0.5, 0.6) is 0 Å². The highest BCUT2D eigenvalue weighted by Gasteiger charge is 2.30. The number of carbonyl (C=O) groups excluding carboxylic acids is 1. The average Bonchev–Trinajstić information content (AvgIpc) is 2.03. The van der Waals surface area contributed by atoms with Gasteiger partial charge < -0.3 is 5.73 Å². The summed E-state index contributed by atoms with van der Waals surface area (Å²) in [5, 5.41) is 0. The van der Waals surface area contributed by atoms with Crippen molar-refractivity contribution in [3.63, 3.8) is 0 Å². The number of hydrogen-bond donors (Lipinski definition) is 1. The van der Waals surface area contributed by atoms with E-state index in [1.807, 2.05) is 42.3 Å². The Kier molecular flexibility index (Phi) is 7.96. The molecule has 0 atom stereocenters. The van der Waals surface area contributed by atoms with Gasteiger partial charge in [0.25, 0.3) is 7.59 Å². The fourth-order valence-electron chi connectivity index (χ4n) is 1.07. The predicted octanol–water partition coefficient (Wildman–Crippen LogP) is -0.119. The van der Waals surface area contributed by atoms with Gasteiger partial charge in [-0.3, -0.25) is 9.36 Å². The molecule has 0 aliphatic heterocycles. The highest BCUT2D eigenvalue weighted by molar-refractivity contribution is 7.56. The van der Waals surface area contributed by atoms with E-state index in [1.165, 1.54) is 0 Å². The fourth-order valence-corrected chi connectivity index (χ4v) is 3.22. The molecule has 7 heteroatoms. The third-order valence-corrected chi connectivity index (χ3v) is 4.69. The van der Waals surface area contributed by atoms with Gasteiger partial charge >= 0.3 is 0 Å². The number of primary amides is 1. The van der Waals surface area contributed by atoms with Crippen molar-refractivity contribution in [3.05, 3.63) is 0 Å². The minimum Gasteiger partial charge on any atom is -0.372 e. The smallest absolute Gasteiger partial charge is 0.285 e. The van der Waals surface area contributed by atoms with Gasteiger partial charge in [0, 0.05) is 0 Å². The molecule has 14 heavy (non-hydrogen) atoms. The number of nitrogens with two attached hydrogens (primary N) is 1. The zero-order valence-electron chi connectivity index (χ0n) is 9.76. The second kappa shape index (κ2) is 6.95. The third kappa shape index (κ3) is 4.19. The number of carbonyl (C=O) groups is 1. The van der Waals surface area contributed by atoms with Crippen molar-refractivity contribution in [1.29, 1.82) is 0 Å². The van der Waals surface area contributed by atoms with Gasteiger partial charge in [0.15, 0.2) is 0 Å². The molecule has 0 fully saturated rings. The lowest BCUT2D eigenvalue weighted by Gasteiger charge is -2.34. The quantitative estimate of drug-likeness (QED) is 0.534. The lowest BCUT2D eigenvalue weighted by molar-refractivity contribution is -0.106. The van der Waals surface area contributed by atoms with Crippen LogP contribution in [0.1, 0.15) is 0 Å². The maximum atomic E-state index is 12.1. The third-order valence-electron chi connectivity index (χ3n) is 1.56. The van der Waals surface area contributed by atoms with E-state index in [2.05, 4.69) is 5.73 Å². The molecule has 0 rings (SSSR count). The van der Waals surface area contributed by atoms with Gasteiger partial charge in [0.1, 0.15) is 0 Å². The fraction of sp³-hybridized carbons (Fsp3) is 0.857. The zero-order chi connectivity index (χ0) is 11.9. The van der Waals surface area contributed by atoms with Crippen molar-refractivity contribution in [2.24, 2.45) is 5.73 Å². The van der Waals surface area contributed by atoms with E-state index in [1.54, 1.807) is 14.0 Å². The van der Waals surface area contributed by atoms with Gasteiger partial charge in [-0.25, -0.2) is 14.0 Å². The van der Waals surface area contributed by atoms with E-state index in [0.717, 1.165) is 0 Å². The van der Waals surface area contributed by atoms with Gasteiger partial charge in [0.05, 0.1) is 0 Å². The largest absolute Gasteiger partial charge is 0.372 e. The Labute approximate surface area is 86.2 Å². The van der Waals surface area contributed by atoms with E-state index in [0.29, 0.717) is 0 Å². The molecule has 0 aliphatic rings. The zero-order valence-corrected chi connectivity index (χ0v) is 10.7. The molecular formula is C7H21N4O2P. The Morgan fingerprint density at radius 2 is 1.07 bits per heavy atom. The van der Waals surface area contributed by atoms with E-state index in [4.69, 9.17) is 4.79 Å². The Balaban J connectivity index is 0. The highest BCUT2D eigenvalue weighted by atomic mass is 31.2. The first kappa shape index (κ1) is 16.0. The Morgan fingerprint density at radius 1 is 0.929 bits per heavy atom. The average molecular weight is 224 g/mol. The lowest BCUT2D eigenvalue weighted by atomic mass is 11.2. The molecule has 1 amide bonds. The van der Waals surface area contributed by atoms with Crippen molar-refractivity contribution in [1.82, 2.24) is 14.0 Å². The van der Waals surface area contributed by atoms with Crippen molar-refractivity contribution in [2.75, 3.05) is 42.3 Å². The van der Waals surface area contributed by atoms with Gasteiger partial charge in [-0.05, 0) is 42.3 Å². The SMILES string of the molecule is CN(C)P(=O)(N(C)C)N(C)C.NC=O. The number of amides is 1. The number of rotatable bonds is 3. The molecule has 0 aromatic rings. The molecule has 86 valence electrons. The van der Waals surface area contributed by atoms with Crippen LogP contribution in [0, 0.1) is 0 Å². The molecule has 6 nitrogen and oxygen atoms in total. The lowest BCUT2D eigenvalue weighted by Crippen LogP contribution is -2.30. The van der Waals surface area contributed by atoms with Crippen LogP contribution in [0.3, 0.4) is 0 Å². The summed E-state index contributed by atoms with van der Waals surface area (Å²) in [4.78, 5) is 8.58. The monoisotopic (exact) mass is 224 g/mol. The molecule has 0 saturated carbocycles. The first-order chi connectivity index (χ1) is 6.24. The molecule has 0 aliphatic carbocycles. The maximum Gasteiger partial charge on any atom is 0.285 e. The van der Waals surface area contributed by atoms with E-state index >= 15 is 0 Å². The summed E-state index contributed by atoms with van der Waals surface area (Å²) in [6.07, 6.45) is 0.250. The first-order valence-electron chi connectivity index (χ1n) is 4.03. The van der Waals surface area contributed by atoms with Crippen molar-refractivity contribution in [3.8, 4) is 0 Å². The van der Waals surface area contributed by atoms with Gasteiger partial charge in [-0.2, -0.15) is 0 Å². The molecule has 0 bridgehead atoms. The first-order valence-corrected chi connectivity index (χ1v) is 5.60. The Bertz CT molecular complexity index is 177. The molecular weight excluding hydrogens is 203 g/mol. The molecule has 0 heterocycles. The van der Waals surface area contributed by atoms with Crippen LogP contribution >= 0.6 is 7.59 Å². The minimum atomic E-state index is -2.44. The summed E-state index contributed by atoms with van der Waals surface area (Å²) in [7, 11) is 8.49. The van der Waals surface area contributed by atoms with Crippen LogP contribution < -0.4 is 5.73 Å². The molecule has 0 aromatic heterocycles. The van der Waals surface area contributed by atoms with E-state index < -0.39 is 7.59 Å². The maximum absolute atomic E-state index is 12.1. The van der Waals surface area contributed by atoms with Crippen LogP contribution in [0.2, 0.25) is 0 Å². The molecule has 0 saturated heterocycles. The molecule has 0 unspecified atom stereocenters. The second-order valence-electron chi connectivity index (χ2n) is 3.19. The Morgan fingerprint density at radius 3 is 1.07 bits per heavy atom. The second-order valence-corrected chi connectivity index (χ2v) is 6.62. The van der Waals surface area contributed by atoms with Crippen molar-refractivity contribution >= 4 is 14.0 Å². The molecule has 2 N–H and O–H groups in total. The normalized spacial score (nSPS) is 11.5. The van der Waals surface area contributed by atoms with Gasteiger partial charge in [-0.1, -0.05) is 0 Å². The van der Waals surface area contributed by atoms with E-state index in [9.17, 15) is 4.57 Å². The van der Waals surface area contributed by atoms with Crippen LogP contribution in [0.4, 0.5) is 0 Å². The van der Waals surface area contributed by atoms with Crippen molar-refractivity contribution < 1.29 is 9.36 Å². The summed E-state index contributed by atoms with van der Waals surface area (Å²) >= 11 is 0. The van der Waals surface area contributed by atoms with Crippen LogP contribution in [-0.2, 0) is 9.36 Å². The topological polar surface area (TPSA) is 69.9 Å². The molecule has 0 aromatic carbocycles. The van der Waals surface area contributed by atoms with Gasteiger partial charge in [-0.15, -0.1) is 0 Å². The standard InChI is InChI=1S/C6H18N3OP.CH3NO/c1-7(2)11(10,8(3)4)9(5)6;2-1-3/h1-6H3;1H,(H2,2,3).